The number of hydrogen-bond donors (Lipinski definition) is 0. The van der Waals surface area contributed by atoms with Gasteiger partial charge in [-0.1, -0.05) is 12.1 Å². The SMILES string of the molecule is Fc1c(Br)ccc(C2=CCCCC2)c1F. The Hall–Kier alpha value is -0.700. The molecule has 3 heteroatoms. The summed E-state index contributed by atoms with van der Waals surface area (Å²) in [6, 6.07) is 3.20. The minimum Gasteiger partial charge on any atom is -0.203 e. The van der Waals surface area contributed by atoms with Gasteiger partial charge in [0.05, 0.1) is 4.47 Å². The molecular formula is C12H11BrF2. The van der Waals surface area contributed by atoms with Crippen molar-refractivity contribution in [1.29, 1.82) is 0 Å². The third kappa shape index (κ3) is 2.12. The van der Waals surface area contributed by atoms with E-state index in [1.807, 2.05) is 6.08 Å². The summed E-state index contributed by atoms with van der Waals surface area (Å²) in [4.78, 5) is 0. The first-order chi connectivity index (χ1) is 7.20. The molecule has 0 unspecified atom stereocenters. The van der Waals surface area contributed by atoms with Gasteiger partial charge in [0.15, 0.2) is 11.6 Å². The van der Waals surface area contributed by atoms with Crippen LogP contribution in [0.25, 0.3) is 5.57 Å². The molecule has 1 aliphatic carbocycles. The monoisotopic (exact) mass is 272 g/mol. The maximum absolute atomic E-state index is 13.6. The maximum atomic E-state index is 13.6. The van der Waals surface area contributed by atoms with Gasteiger partial charge in [-0.15, -0.1) is 0 Å². The predicted octanol–water partition coefficient (Wildman–Crippen LogP) is 4.68. The molecule has 0 atom stereocenters. The largest absolute Gasteiger partial charge is 0.203 e. The molecule has 0 N–H and O–H groups in total. The van der Waals surface area contributed by atoms with Crippen LogP contribution in [-0.4, -0.2) is 0 Å². The Labute approximate surface area is 96.1 Å². The van der Waals surface area contributed by atoms with Crippen LogP contribution in [0.1, 0.15) is 31.2 Å². The van der Waals surface area contributed by atoms with Gasteiger partial charge in [-0.2, -0.15) is 0 Å². The second kappa shape index (κ2) is 4.44. The molecular weight excluding hydrogens is 262 g/mol. The number of hydrogen-bond acceptors (Lipinski definition) is 0. The zero-order valence-corrected chi connectivity index (χ0v) is 9.78. The summed E-state index contributed by atoms with van der Waals surface area (Å²) in [6.45, 7) is 0. The molecule has 0 bridgehead atoms. The molecule has 0 saturated heterocycles. The topological polar surface area (TPSA) is 0 Å². The predicted molar refractivity (Wildman–Crippen MR) is 60.5 cm³/mol. The van der Waals surface area contributed by atoms with Gasteiger partial charge in [-0.3, -0.25) is 0 Å². The first kappa shape index (κ1) is 10.8. The van der Waals surface area contributed by atoms with Crippen molar-refractivity contribution in [2.45, 2.75) is 25.7 Å². The molecule has 0 nitrogen and oxygen atoms in total. The van der Waals surface area contributed by atoms with Crippen molar-refractivity contribution < 1.29 is 8.78 Å². The second-order valence-corrected chi connectivity index (χ2v) is 4.55. The normalized spacial score (nSPS) is 16.3. The maximum Gasteiger partial charge on any atom is 0.173 e. The number of halogens is 3. The van der Waals surface area contributed by atoms with E-state index in [-0.39, 0.29) is 4.47 Å². The molecule has 1 aromatic carbocycles. The number of rotatable bonds is 1. The van der Waals surface area contributed by atoms with Gasteiger partial charge in [0, 0.05) is 5.56 Å². The lowest BCUT2D eigenvalue weighted by Gasteiger charge is -2.14. The summed E-state index contributed by atoms with van der Waals surface area (Å²) in [5, 5.41) is 0. The Morgan fingerprint density at radius 1 is 1.07 bits per heavy atom. The zero-order valence-electron chi connectivity index (χ0n) is 8.19. The number of allylic oxidation sites excluding steroid dienone is 2. The fraction of sp³-hybridized carbons (Fsp3) is 0.333. The molecule has 1 aromatic rings. The molecule has 15 heavy (non-hydrogen) atoms. The summed E-state index contributed by atoms with van der Waals surface area (Å²) in [6.07, 6.45) is 6.02. The van der Waals surface area contributed by atoms with E-state index in [0.717, 1.165) is 31.3 Å². The van der Waals surface area contributed by atoms with Gasteiger partial charge in [-0.05, 0) is 53.3 Å². The van der Waals surface area contributed by atoms with Crippen molar-refractivity contribution in [3.8, 4) is 0 Å². The Morgan fingerprint density at radius 2 is 1.87 bits per heavy atom. The Kier molecular flexibility index (Phi) is 3.19. The highest BCUT2D eigenvalue weighted by atomic mass is 79.9. The van der Waals surface area contributed by atoms with Crippen LogP contribution in [0.5, 0.6) is 0 Å². The van der Waals surface area contributed by atoms with E-state index < -0.39 is 11.6 Å². The van der Waals surface area contributed by atoms with Gasteiger partial charge >= 0.3 is 0 Å². The summed E-state index contributed by atoms with van der Waals surface area (Å²) in [5.74, 6) is -1.53. The van der Waals surface area contributed by atoms with Crippen molar-refractivity contribution in [2.75, 3.05) is 0 Å². The Morgan fingerprint density at radius 3 is 2.53 bits per heavy atom. The van der Waals surface area contributed by atoms with E-state index in [1.165, 1.54) is 0 Å². The van der Waals surface area contributed by atoms with Crippen LogP contribution in [0, 0.1) is 11.6 Å². The fourth-order valence-corrected chi connectivity index (χ4v) is 2.16. The lowest BCUT2D eigenvalue weighted by molar-refractivity contribution is 0.501. The highest BCUT2D eigenvalue weighted by Gasteiger charge is 2.15. The molecule has 0 amide bonds. The third-order valence-electron chi connectivity index (χ3n) is 2.67. The average Bonchev–Trinajstić information content (AvgIpc) is 2.27. The molecule has 1 aliphatic rings. The quantitative estimate of drug-likeness (QED) is 0.651. The standard InChI is InChI=1S/C12H11BrF2/c13-10-7-6-9(11(14)12(10)15)8-4-2-1-3-5-8/h4,6-7H,1-3,5H2. The van der Waals surface area contributed by atoms with Crippen molar-refractivity contribution >= 4 is 21.5 Å². The molecule has 80 valence electrons. The molecule has 0 aliphatic heterocycles. The minimum absolute atomic E-state index is 0.181. The summed E-state index contributed by atoms with van der Waals surface area (Å²) >= 11 is 2.97. The van der Waals surface area contributed by atoms with Crippen molar-refractivity contribution in [2.24, 2.45) is 0 Å². The van der Waals surface area contributed by atoms with E-state index in [0.29, 0.717) is 5.56 Å². The molecule has 0 saturated carbocycles. The summed E-state index contributed by atoms with van der Waals surface area (Å²) < 4.78 is 27.1. The van der Waals surface area contributed by atoms with E-state index >= 15 is 0 Å². The summed E-state index contributed by atoms with van der Waals surface area (Å²) in [7, 11) is 0. The first-order valence-corrected chi connectivity index (χ1v) is 5.82. The minimum atomic E-state index is -0.793. The molecule has 0 fully saturated rings. The first-order valence-electron chi connectivity index (χ1n) is 5.03. The smallest absolute Gasteiger partial charge is 0.173 e. The molecule has 0 heterocycles. The molecule has 2 rings (SSSR count). The van der Waals surface area contributed by atoms with Crippen LogP contribution in [0.2, 0.25) is 0 Å². The van der Waals surface area contributed by atoms with Gasteiger partial charge in [0.25, 0.3) is 0 Å². The van der Waals surface area contributed by atoms with E-state index in [1.54, 1.807) is 12.1 Å². The van der Waals surface area contributed by atoms with E-state index in [2.05, 4.69) is 15.9 Å². The highest BCUT2D eigenvalue weighted by molar-refractivity contribution is 9.10. The lowest BCUT2D eigenvalue weighted by Crippen LogP contribution is -1.98. The van der Waals surface area contributed by atoms with E-state index in [9.17, 15) is 8.78 Å². The van der Waals surface area contributed by atoms with Gasteiger partial charge in [-0.25, -0.2) is 8.78 Å². The molecule has 0 radical (unpaired) electrons. The van der Waals surface area contributed by atoms with Crippen LogP contribution in [0.4, 0.5) is 8.78 Å². The number of benzene rings is 1. The molecule has 0 aromatic heterocycles. The summed E-state index contributed by atoms with van der Waals surface area (Å²) in [5.41, 5.74) is 1.35. The van der Waals surface area contributed by atoms with Crippen LogP contribution < -0.4 is 0 Å². The Bertz CT molecular complexity index is 410. The van der Waals surface area contributed by atoms with Gasteiger partial charge in [0.1, 0.15) is 0 Å². The van der Waals surface area contributed by atoms with Crippen LogP contribution in [0.15, 0.2) is 22.7 Å². The van der Waals surface area contributed by atoms with Crippen molar-refractivity contribution in [1.82, 2.24) is 0 Å². The molecule has 0 spiro atoms. The third-order valence-corrected chi connectivity index (χ3v) is 3.28. The van der Waals surface area contributed by atoms with Gasteiger partial charge in [0.2, 0.25) is 0 Å². The van der Waals surface area contributed by atoms with Crippen molar-refractivity contribution in [3.63, 3.8) is 0 Å². The van der Waals surface area contributed by atoms with Crippen LogP contribution >= 0.6 is 15.9 Å². The van der Waals surface area contributed by atoms with E-state index in [4.69, 9.17) is 0 Å². The zero-order chi connectivity index (χ0) is 10.8. The second-order valence-electron chi connectivity index (χ2n) is 3.70. The average molecular weight is 273 g/mol. The Balaban J connectivity index is 2.44. The lowest BCUT2D eigenvalue weighted by atomic mass is 9.93. The van der Waals surface area contributed by atoms with Crippen LogP contribution in [-0.2, 0) is 0 Å². The highest BCUT2D eigenvalue weighted by Crippen LogP contribution is 2.31. The van der Waals surface area contributed by atoms with Crippen molar-refractivity contribution in [3.05, 3.63) is 39.9 Å². The van der Waals surface area contributed by atoms with Crippen LogP contribution in [0.3, 0.4) is 0 Å². The van der Waals surface area contributed by atoms with Gasteiger partial charge < -0.3 is 0 Å². The fourth-order valence-electron chi connectivity index (χ4n) is 1.86.